The lowest BCUT2D eigenvalue weighted by Crippen LogP contribution is -2.31. The van der Waals surface area contributed by atoms with Crippen LogP contribution >= 0.6 is 0 Å². The van der Waals surface area contributed by atoms with Crippen LogP contribution in [0.15, 0.2) is 12.7 Å². The van der Waals surface area contributed by atoms with E-state index in [0.29, 0.717) is 11.8 Å². The van der Waals surface area contributed by atoms with Gasteiger partial charge < -0.3 is 9.84 Å². The molecule has 1 aliphatic heterocycles. The van der Waals surface area contributed by atoms with Gasteiger partial charge in [-0.15, -0.1) is 6.58 Å². The first-order valence-corrected chi connectivity index (χ1v) is 5.18. The summed E-state index contributed by atoms with van der Waals surface area (Å²) in [7, 11) is 0. The zero-order valence-corrected chi connectivity index (χ0v) is 8.04. The smallest absolute Gasteiger partial charge is 0.117 e. The number of epoxide rings is 1. The highest BCUT2D eigenvalue weighted by molar-refractivity contribution is 5.00. The molecule has 0 aromatic heterocycles. The van der Waals surface area contributed by atoms with Gasteiger partial charge in [-0.3, -0.25) is 0 Å². The fourth-order valence-electron chi connectivity index (χ4n) is 2.43. The third-order valence-electron chi connectivity index (χ3n) is 3.63. The molecule has 2 rings (SSSR count). The van der Waals surface area contributed by atoms with Crippen molar-refractivity contribution in [2.24, 2.45) is 11.8 Å². The molecule has 1 saturated heterocycles. The number of ether oxygens (including phenoxy) is 1. The molecule has 0 radical (unpaired) electrons. The fourth-order valence-corrected chi connectivity index (χ4v) is 2.43. The van der Waals surface area contributed by atoms with E-state index in [2.05, 4.69) is 12.7 Å². The summed E-state index contributed by atoms with van der Waals surface area (Å²) < 4.78 is 5.38. The average molecular weight is 182 g/mol. The van der Waals surface area contributed by atoms with Crippen LogP contribution in [0.4, 0.5) is 0 Å². The molecule has 1 N–H and O–H groups in total. The highest BCUT2D eigenvalue weighted by atomic mass is 16.6. The summed E-state index contributed by atoms with van der Waals surface area (Å²) in [5.41, 5.74) is -0.133. The Balaban J connectivity index is 1.87. The molecule has 1 aliphatic carbocycles. The number of hydrogen-bond donors (Lipinski definition) is 1. The van der Waals surface area contributed by atoms with Crippen LogP contribution in [0.3, 0.4) is 0 Å². The summed E-state index contributed by atoms with van der Waals surface area (Å²) in [5, 5.41) is 9.19. The fraction of sp³-hybridized carbons (Fsp3) is 0.818. The lowest BCUT2D eigenvalue weighted by Gasteiger charge is -2.30. The molecule has 74 valence electrons. The van der Waals surface area contributed by atoms with Gasteiger partial charge in [0.1, 0.15) is 5.60 Å². The van der Waals surface area contributed by atoms with Crippen molar-refractivity contribution in [2.75, 3.05) is 13.2 Å². The molecule has 1 saturated carbocycles. The summed E-state index contributed by atoms with van der Waals surface area (Å²) >= 11 is 0. The monoisotopic (exact) mass is 182 g/mol. The zero-order chi connectivity index (χ0) is 9.31. The summed E-state index contributed by atoms with van der Waals surface area (Å²) in [4.78, 5) is 0. The Morgan fingerprint density at radius 2 is 2.00 bits per heavy atom. The molecule has 2 nitrogen and oxygen atoms in total. The Morgan fingerprint density at radius 1 is 1.38 bits per heavy atom. The van der Waals surface area contributed by atoms with Gasteiger partial charge in [-0.2, -0.15) is 0 Å². The van der Waals surface area contributed by atoms with E-state index >= 15 is 0 Å². The molecule has 2 aliphatic rings. The number of allylic oxidation sites excluding steroid dienone is 1. The van der Waals surface area contributed by atoms with E-state index in [4.69, 9.17) is 4.74 Å². The van der Waals surface area contributed by atoms with Crippen molar-refractivity contribution in [1.82, 2.24) is 0 Å². The quantitative estimate of drug-likeness (QED) is 0.532. The molecule has 0 amide bonds. The Kier molecular flexibility index (Phi) is 2.43. The molecule has 1 atom stereocenters. The zero-order valence-electron chi connectivity index (χ0n) is 8.04. The molecule has 0 bridgehead atoms. The van der Waals surface area contributed by atoms with Crippen molar-refractivity contribution in [2.45, 2.75) is 31.3 Å². The predicted octanol–water partition coefficient (Wildman–Crippen LogP) is 1.74. The van der Waals surface area contributed by atoms with Gasteiger partial charge >= 0.3 is 0 Å². The van der Waals surface area contributed by atoms with Crippen molar-refractivity contribution in [3.63, 3.8) is 0 Å². The lowest BCUT2D eigenvalue weighted by molar-refractivity contribution is 0.0940. The van der Waals surface area contributed by atoms with Gasteiger partial charge in [0.15, 0.2) is 0 Å². The maximum Gasteiger partial charge on any atom is 0.117 e. The van der Waals surface area contributed by atoms with Crippen molar-refractivity contribution in [3.05, 3.63) is 12.7 Å². The second-order valence-corrected chi connectivity index (χ2v) is 4.36. The van der Waals surface area contributed by atoms with E-state index in [1.165, 1.54) is 25.7 Å². The van der Waals surface area contributed by atoms with Crippen LogP contribution in [0, 0.1) is 11.8 Å². The minimum absolute atomic E-state index is 0.133. The van der Waals surface area contributed by atoms with Crippen LogP contribution in [-0.4, -0.2) is 23.9 Å². The molecule has 0 aromatic carbocycles. The first-order chi connectivity index (χ1) is 6.30. The van der Waals surface area contributed by atoms with Crippen molar-refractivity contribution < 1.29 is 9.84 Å². The molecular weight excluding hydrogens is 164 g/mol. The standard InChI is InChI=1S/C11H18O2/c1-2-9-3-5-10(6-4-9)11(7-12)8-13-11/h2,9-10,12H,1,3-8H2/t9?,10?,11-/m1/s1. The third-order valence-corrected chi connectivity index (χ3v) is 3.63. The predicted molar refractivity (Wildman–Crippen MR) is 51.4 cm³/mol. The summed E-state index contributed by atoms with van der Waals surface area (Å²) in [6.45, 7) is 4.80. The van der Waals surface area contributed by atoms with Crippen molar-refractivity contribution >= 4 is 0 Å². The third kappa shape index (κ3) is 1.65. The first-order valence-electron chi connectivity index (χ1n) is 5.18. The number of hydrogen-bond acceptors (Lipinski definition) is 2. The van der Waals surface area contributed by atoms with Gasteiger partial charge in [0.2, 0.25) is 0 Å². The van der Waals surface area contributed by atoms with Crippen molar-refractivity contribution in [1.29, 1.82) is 0 Å². The minimum atomic E-state index is -0.133. The minimum Gasteiger partial charge on any atom is -0.393 e. The SMILES string of the molecule is C=CC1CCC([C@@]2(CO)CO2)CC1. The van der Waals surface area contributed by atoms with Crippen LogP contribution in [0.1, 0.15) is 25.7 Å². The topological polar surface area (TPSA) is 32.8 Å². The van der Waals surface area contributed by atoms with Gasteiger partial charge in [-0.05, 0) is 37.5 Å². The lowest BCUT2D eigenvalue weighted by atomic mass is 9.76. The molecule has 1 heterocycles. The Morgan fingerprint density at radius 3 is 2.38 bits per heavy atom. The van der Waals surface area contributed by atoms with Crippen molar-refractivity contribution in [3.8, 4) is 0 Å². The van der Waals surface area contributed by atoms with Crippen LogP contribution in [0.5, 0.6) is 0 Å². The number of rotatable bonds is 3. The molecule has 0 spiro atoms. The van der Waals surface area contributed by atoms with E-state index in [-0.39, 0.29) is 12.2 Å². The summed E-state index contributed by atoms with van der Waals surface area (Å²) in [6, 6.07) is 0. The van der Waals surface area contributed by atoms with E-state index in [9.17, 15) is 5.11 Å². The normalized spacial score (nSPS) is 44.4. The van der Waals surface area contributed by atoms with E-state index in [0.717, 1.165) is 6.61 Å². The van der Waals surface area contributed by atoms with E-state index in [1.807, 2.05) is 0 Å². The number of aliphatic hydroxyl groups excluding tert-OH is 1. The first kappa shape index (κ1) is 9.22. The Bertz CT molecular complexity index is 188. The highest BCUT2D eigenvalue weighted by Gasteiger charge is 2.51. The van der Waals surface area contributed by atoms with Crippen LogP contribution in [0.25, 0.3) is 0 Å². The molecule has 2 fully saturated rings. The average Bonchev–Trinajstić information content (AvgIpc) is 2.99. The molecule has 13 heavy (non-hydrogen) atoms. The maximum absolute atomic E-state index is 9.19. The second kappa shape index (κ2) is 3.43. The summed E-state index contributed by atoms with van der Waals surface area (Å²) in [6.07, 6.45) is 6.89. The summed E-state index contributed by atoms with van der Waals surface area (Å²) in [5.74, 6) is 1.29. The largest absolute Gasteiger partial charge is 0.393 e. The van der Waals surface area contributed by atoms with Gasteiger partial charge in [0, 0.05) is 0 Å². The van der Waals surface area contributed by atoms with E-state index in [1.54, 1.807) is 0 Å². The van der Waals surface area contributed by atoms with Gasteiger partial charge in [-0.1, -0.05) is 6.08 Å². The molecule has 2 heteroatoms. The second-order valence-electron chi connectivity index (χ2n) is 4.36. The highest BCUT2D eigenvalue weighted by Crippen LogP contribution is 2.44. The Hall–Kier alpha value is -0.340. The molecular formula is C11H18O2. The van der Waals surface area contributed by atoms with Gasteiger partial charge in [-0.25, -0.2) is 0 Å². The van der Waals surface area contributed by atoms with Gasteiger partial charge in [0.05, 0.1) is 13.2 Å². The maximum atomic E-state index is 9.19. The Labute approximate surface area is 79.6 Å². The number of aliphatic hydroxyl groups is 1. The van der Waals surface area contributed by atoms with Crippen LogP contribution in [-0.2, 0) is 4.74 Å². The molecule has 0 unspecified atom stereocenters. The molecule has 0 aromatic rings. The van der Waals surface area contributed by atoms with Crippen LogP contribution in [0.2, 0.25) is 0 Å². The van der Waals surface area contributed by atoms with Gasteiger partial charge in [0.25, 0.3) is 0 Å². The van der Waals surface area contributed by atoms with E-state index < -0.39 is 0 Å². The van der Waals surface area contributed by atoms with Crippen LogP contribution < -0.4 is 0 Å².